The minimum atomic E-state index is -0.284. The summed E-state index contributed by atoms with van der Waals surface area (Å²) in [4.78, 5) is 6.65. The van der Waals surface area contributed by atoms with Crippen molar-refractivity contribution in [2.45, 2.75) is 32.3 Å². The fraction of sp³-hybridized carbons (Fsp3) is 0.471. The van der Waals surface area contributed by atoms with Gasteiger partial charge in [-0.05, 0) is 31.4 Å². The zero-order valence-electron chi connectivity index (χ0n) is 13.3. The summed E-state index contributed by atoms with van der Waals surface area (Å²) in [5.41, 5.74) is 1.34. The van der Waals surface area contributed by atoms with Gasteiger partial charge in [-0.3, -0.25) is 0 Å². The Kier molecular flexibility index (Phi) is 5.12. The van der Waals surface area contributed by atoms with Crippen molar-refractivity contribution in [2.24, 2.45) is 0 Å². The molecule has 0 spiro atoms. The number of ether oxygens (including phenoxy) is 1. The van der Waals surface area contributed by atoms with Gasteiger partial charge < -0.3 is 9.64 Å². The van der Waals surface area contributed by atoms with Crippen LogP contribution in [-0.4, -0.2) is 41.0 Å². The first-order valence-electron chi connectivity index (χ1n) is 8.08. The summed E-state index contributed by atoms with van der Waals surface area (Å²) in [6.45, 7) is 4.55. The summed E-state index contributed by atoms with van der Waals surface area (Å²) >= 11 is 0. The molecule has 3 rings (SSSR count). The van der Waals surface area contributed by atoms with Gasteiger partial charge in [-0.15, -0.1) is 5.10 Å². The second kappa shape index (κ2) is 7.46. The molecule has 6 heteroatoms. The van der Waals surface area contributed by atoms with Crippen molar-refractivity contribution in [3.8, 4) is 11.3 Å². The second-order valence-electron chi connectivity index (χ2n) is 5.73. The summed E-state index contributed by atoms with van der Waals surface area (Å²) in [6, 6.07) is 6.36. The van der Waals surface area contributed by atoms with Gasteiger partial charge >= 0.3 is 0 Å². The molecule has 2 aromatic rings. The van der Waals surface area contributed by atoms with Crippen LogP contribution in [0.15, 0.2) is 30.5 Å². The molecule has 1 aliphatic heterocycles. The number of anilines is 1. The molecule has 1 aromatic carbocycles. The van der Waals surface area contributed by atoms with E-state index in [1.54, 1.807) is 12.3 Å². The molecule has 1 saturated heterocycles. The minimum Gasteiger partial charge on any atom is -0.376 e. The Morgan fingerprint density at radius 2 is 2.30 bits per heavy atom. The highest BCUT2D eigenvalue weighted by atomic mass is 19.1. The topological polar surface area (TPSA) is 51.1 Å². The van der Waals surface area contributed by atoms with E-state index in [1.807, 2.05) is 6.07 Å². The van der Waals surface area contributed by atoms with E-state index in [0.717, 1.165) is 39.0 Å². The third-order valence-corrected chi connectivity index (χ3v) is 3.89. The molecule has 0 radical (unpaired) electrons. The SMILES string of the molecule is CCCO[C@@H]1CCCN(c2nncc(-c3cccc(F)c3)n2)C1. The van der Waals surface area contributed by atoms with Gasteiger partial charge in [-0.2, -0.15) is 5.10 Å². The molecule has 1 fully saturated rings. The maximum atomic E-state index is 13.4. The summed E-state index contributed by atoms with van der Waals surface area (Å²) in [5.74, 6) is 0.297. The van der Waals surface area contributed by atoms with Crippen LogP contribution in [-0.2, 0) is 4.74 Å². The summed E-state index contributed by atoms with van der Waals surface area (Å²) in [5, 5.41) is 8.18. The standard InChI is InChI=1S/C17H21FN4O/c1-2-9-23-15-7-4-8-22(12-15)17-20-16(11-19-21-17)13-5-3-6-14(18)10-13/h3,5-6,10-11,15H,2,4,7-9,12H2,1H3/t15-/m1/s1. The van der Waals surface area contributed by atoms with E-state index in [9.17, 15) is 4.39 Å². The molecule has 0 bridgehead atoms. The van der Waals surface area contributed by atoms with Crippen LogP contribution < -0.4 is 4.90 Å². The third-order valence-electron chi connectivity index (χ3n) is 3.89. The summed E-state index contributed by atoms with van der Waals surface area (Å²) < 4.78 is 19.2. The first-order chi connectivity index (χ1) is 11.3. The molecule has 0 N–H and O–H groups in total. The highest BCUT2D eigenvalue weighted by molar-refractivity contribution is 5.59. The molecule has 0 amide bonds. The Labute approximate surface area is 135 Å². The lowest BCUT2D eigenvalue weighted by atomic mass is 10.1. The van der Waals surface area contributed by atoms with Crippen LogP contribution in [0.4, 0.5) is 10.3 Å². The van der Waals surface area contributed by atoms with Crippen molar-refractivity contribution >= 4 is 5.95 Å². The number of hydrogen-bond acceptors (Lipinski definition) is 5. The monoisotopic (exact) mass is 316 g/mol. The van der Waals surface area contributed by atoms with Crippen molar-refractivity contribution in [3.05, 3.63) is 36.3 Å². The highest BCUT2D eigenvalue weighted by Crippen LogP contribution is 2.21. The molecule has 0 unspecified atom stereocenters. The molecule has 1 aromatic heterocycles. The number of rotatable bonds is 5. The van der Waals surface area contributed by atoms with Gasteiger partial charge in [0.25, 0.3) is 0 Å². The Bertz CT molecular complexity index is 652. The normalized spacial score (nSPS) is 18.2. The lowest BCUT2D eigenvalue weighted by Crippen LogP contribution is -2.40. The Morgan fingerprint density at radius 1 is 1.39 bits per heavy atom. The highest BCUT2D eigenvalue weighted by Gasteiger charge is 2.22. The largest absolute Gasteiger partial charge is 0.376 e. The first-order valence-corrected chi connectivity index (χ1v) is 8.08. The van der Waals surface area contributed by atoms with E-state index in [-0.39, 0.29) is 11.9 Å². The molecule has 0 aliphatic carbocycles. The van der Waals surface area contributed by atoms with E-state index in [1.165, 1.54) is 12.1 Å². The van der Waals surface area contributed by atoms with Crippen molar-refractivity contribution in [1.82, 2.24) is 15.2 Å². The van der Waals surface area contributed by atoms with Crippen LogP contribution in [0, 0.1) is 5.82 Å². The van der Waals surface area contributed by atoms with E-state index in [0.29, 0.717) is 17.2 Å². The van der Waals surface area contributed by atoms with Crippen LogP contribution >= 0.6 is 0 Å². The van der Waals surface area contributed by atoms with E-state index in [4.69, 9.17) is 4.74 Å². The number of benzene rings is 1. The quantitative estimate of drug-likeness (QED) is 0.848. The van der Waals surface area contributed by atoms with Crippen LogP contribution in [0.5, 0.6) is 0 Å². The van der Waals surface area contributed by atoms with Gasteiger partial charge in [-0.1, -0.05) is 19.1 Å². The lowest BCUT2D eigenvalue weighted by Gasteiger charge is -2.32. The molecule has 23 heavy (non-hydrogen) atoms. The zero-order chi connectivity index (χ0) is 16.1. The van der Waals surface area contributed by atoms with Gasteiger partial charge in [0.05, 0.1) is 18.0 Å². The molecule has 0 saturated carbocycles. The maximum absolute atomic E-state index is 13.4. The van der Waals surface area contributed by atoms with Crippen molar-refractivity contribution in [1.29, 1.82) is 0 Å². The van der Waals surface area contributed by atoms with Crippen LogP contribution in [0.2, 0.25) is 0 Å². The average molecular weight is 316 g/mol. The van der Waals surface area contributed by atoms with Gasteiger partial charge in [-0.25, -0.2) is 9.37 Å². The molecule has 5 nitrogen and oxygen atoms in total. The second-order valence-corrected chi connectivity index (χ2v) is 5.73. The maximum Gasteiger partial charge on any atom is 0.245 e. The van der Waals surface area contributed by atoms with E-state index >= 15 is 0 Å². The van der Waals surface area contributed by atoms with Crippen LogP contribution in [0.1, 0.15) is 26.2 Å². The number of nitrogens with zero attached hydrogens (tertiary/aromatic N) is 4. The first kappa shape index (κ1) is 15.8. The number of hydrogen-bond donors (Lipinski definition) is 0. The molecule has 1 atom stereocenters. The molecule has 2 heterocycles. The molecular formula is C17H21FN4O. The van der Waals surface area contributed by atoms with Crippen LogP contribution in [0.3, 0.4) is 0 Å². The Hall–Kier alpha value is -2.08. The average Bonchev–Trinajstić information content (AvgIpc) is 2.60. The van der Waals surface area contributed by atoms with Crippen molar-refractivity contribution < 1.29 is 9.13 Å². The van der Waals surface area contributed by atoms with Crippen molar-refractivity contribution in [3.63, 3.8) is 0 Å². The zero-order valence-corrected chi connectivity index (χ0v) is 13.3. The lowest BCUT2D eigenvalue weighted by molar-refractivity contribution is 0.0437. The van der Waals surface area contributed by atoms with Gasteiger partial charge in [0.1, 0.15) is 5.82 Å². The van der Waals surface area contributed by atoms with Crippen molar-refractivity contribution in [2.75, 3.05) is 24.6 Å². The predicted molar refractivity (Wildman–Crippen MR) is 86.7 cm³/mol. The van der Waals surface area contributed by atoms with Gasteiger partial charge in [0.2, 0.25) is 5.95 Å². The fourth-order valence-electron chi connectivity index (χ4n) is 2.76. The van der Waals surface area contributed by atoms with Crippen LogP contribution in [0.25, 0.3) is 11.3 Å². The predicted octanol–water partition coefficient (Wildman–Crippen LogP) is 3.07. The van der Waals surface area contributed by atoms with Gasteiger partial charge in [0.15, 0.2) is 0 Å². The molecule has 1 aliphatic rings. The minimum absolute atomic E-state index is 0.213. The smallest absolute Gasteiger partial charge is 0.245 e. The molecular weight excluding hydrogens is 295 g/mol. The Balaban J connectivity index is 1.76. The number of aromatic nitrogens is 3. The third kappa shape index (κ3) is 4.01. The summed E-state index contributed by atoms with van der Waals surface area (Å²) in [7, 11) is 0. The molecule has 122 valence electrons. The van der Waals surface area contributed by atoms with E-state index in [2.05, 4.69) is 27.0 Å². The number of piperidine rings is 1. The van der Waals surface area contributed by atoms with Gasteiger partial charge in [0, 0.05) is 25.3 Å². The van der Waals surface area contributed by atoms with E-state index < -0.39 is 0 Å². The summed E-state index contributed by atoms with van der Waals surface area (Å²) in [6.07, 6.45) is 4.90. The fourth-order valence-corrected chi connectivity index (χ4v) is 2.76. The number of halogens is 1. The Morgan fingerprint density at radius 3 is 3.13 bits per heavy atom.